The molecule has 2 aliphatic rings. The Morgan fingerprint density at radius 1 is 1.12 bits per heavy atom. The van der Waals surface area contributed by atoms with E-state index in [9.17, 15) is 9.90 Å². The van der Waals surface area contributed by atoms with Crippen molar-refractivity contribution in [3.8, 4) is 0 Å². The minimum atomic E-state index is -0.618. The monoisotopic (exact) mass is 367 g/mol. The van der Waals surface area contributed by atoms with Crippen molar-refractivity contribution < 1.29 is 14.6 Å². The predicted octanol–water partition coefficient (Wildman–Crippen LogP) is 5.38. The fraction of sp³-hybridized carbons (Fsp3) is 0.955. The summed E-state index contributed by atoms with van der Waals surface area (Å²) in [5, 5.41) is 10.3. The number of likely N-dealkylation sites (tertiary alicyclic amines) is 1. The first kappa shape index (κ1) is 21.5. The van der Waals surface area contributed by atoms with Crippen LogP contribution in [0.1, 0.15) is 92.9 Å². The zero-order chi connectivity index (χ0) is 19.6. The highest BCUT2D eigenvalue weighted by Gasteiger charge is 2.45. The molecule has 26 heavy (non-hydrogen) atoms. The highest BCUT2D eigenvalue weighted by atomic mass is 16.6. The van der Waals surface area contributed by atoms with Gasteiger partial charge >= 0.3 is 6.09 Å². The molecule has 1 aliphatic carbocycles. The van der Waals surface area contributed by atoms with Crippen LogP contribution in [0.25, 0.3) is 0 Å². The Hall–Kier alpha value is -0.770. The molecule has 4 heteroatoms. The van der Waals surface area contributed by atoms with E-state index in [0.717, 1.165) is 50.6 Å². The molecule has 0 aromatic heterocycles. The Balaban J connectivity index is 2.08. The van der Waals surface area contributed by atoms with Gasteiger partial charge in [-0.15, -0.1) is 0 Å². The molecule has 1 N–H and O–H groups in total. The fourth-order valence-corrected chi connectivity index (χ4v) is 5.05. The lowest BCUT2D eigenvalue weighted by Crippen LogP contribution is -2.49. The summed E-state index contributed by atoms with van der Waals surface area (Å²) in [7, 11) is 0. The van der Waals surface area contributed by atoms with Gasteiger partial charge in [-0.2, -0.15) is 0 Å². The smallest absolute Gasteiger partial charge is 0.410 e. The van der Waals surface area contributed by atoms with Crippen LogP contribution in [-0.2, 0) is 4.74 Å². The van der Waals surface area contributed by atoms with E-state index in [2.05, 4.69) is 6.92 Å². The molecule has 1 amide bonds. The van der Waals surface area contributed by atoms with Crippen molar-refractivity contribution >= 4 is 6.09 Å². The number of aliphatic hydroxyl groups is 1. The maximum atomic E-state index is 12.4. The fourth-order valence-electron chi connectivity index (χ4n) is 5.05. The molecule has 152 valence electrons. The molecule has 4 nitrogen and oxygen atoms in total. The topological polar surface area (TPSA) is 49.8 Å². The Morgan fingerprint density at radius 3 is 2.19 bits per heavy atom. The van der Waals surface area contributed by atoms with Crippen molar-refractivity contribution in [2.24, 2.45) is 17.3 Å². The molecule has 1 saturated heterocycles. The maximum absolute atomic E-state index is 12.4. The number of carbonyl (C=O) groups excluding carboxylic acids is 1. The molecular formula is C22H41NO3. The van der Waals surface area contributed by atoms with Gasteiger partial charge in [0.05, 0.1) is 5.60 Å². The van der Waals surface area contributed by atoms with Crippen LogP contribution in [0.3, 0.4) is 0 Å². The second-order valence-corrected chi connectivity index (χ2v) is 10.5. The van der Waals surface area contributed by atoms with E-state index in [1.807, 2.05) is 39.5 Å². The number of nitrogens with zero attached hydrogens (tertiary/aromatic N) is 1. The number of rotatable bonds is 4. The van der Waals surface area contributed by atoms with Crippen LogP contribution < -0.4 is 0 Å². The summed E-state index contributed by atoms with van der Waals surface area (Å²) < 4.78 is 5.57. The van der Waals surface area contributed by atoms with Gasteiger partial charge in [0.15, 0.2) is 0 Å². The molecule has 0 aromatic carbocycles. The van der Waals surface area contributed by atoms with Crippen LogP contribution in [-0.4, -0.2) is 40.4 Å². The normalized spacial score (nSPS) is 27.3. The summed E-state index contributed by atoms with van der Waals surface area (Å²) in [6, 6.07) is 0. The van der Waals surface area contributed by atoms with Gasteiger partial charge in [-0.1, -0.05) is 26.2 Å². The first-order valence-electron chi connectivity index (χ1n) is 10.6. The molecule has 2 atom stereocenters. The average Bonchev–Trinajstić information content (AvgIpc) is 2.51. The Labute approximate surface area is 160 Å². The zero-order valence-corrected chi connectivity index (χ0v) is 17.9. The second-order valence-electron chi connectivity index (χ2n) is 10.5. The van der Waals surface area contributed by atoms with Crippen molar-refractivity contribution in [3.63, 3.8) is 0 Å². The van der Waals surface area contributed by atoms with Crippen molar-refractivity contribution in [1.82, 2.24) is 4.90 Å². The number of hydrogen-bond acceptors (Lipinski definition) is 3. The number of ether oxygens (including phenoxy) is 1. The third-order valence-electron chi connectivity index (χ3n) is 6.54. The van der Waals surface area contributed by atoms with Gasteiger partial charge < -0.3 is 14.7 Å². The molecule has 2 rings (SSSR count). The Morgan fingerprint density at radius 2 is 1.69 bits per heavy atom. The van der Waals surface area contributed by atoms with Gasteiger partial charge in [0.25, 0.3) is 0 Å². The van der Waals surface area contributed by atoms with Crippen LogP contribution in [0.15, 0.2) is 0 Å². The molecule has 0 aromatic rings. The van der Waals surface area contributed by atoms with E-state index < -0.39 is 11.2 Å². The van der Waals surface area contributed by atoms with Gasteiger partial charge in [-0.05, 0) is 84.0 Å². The number of carbonyl (C=O) groups is 1. The lowest BCUT2D eigenvalue weighted by Gasteiger charge is -2.51. The molecular weight excluding hydrogens is 326 g/mol. The largest absolute Gasteiger partial charge is 0.444 e. The summed E-state index contributed by atoms with van der Waals surface area (Å²) >= 11 is 0. The quantitative estimate of drug-likeness (QED) is 0.725. The molecule has 2 fully saturated rings. The molecule has 0 spiro atoms. The lowest BCUT2D eigenvalue weighted by atomic mass is 9.58. The minimum Gasteiger partial charge on any atom is -0.444 e. The summed E-state index contributed by atoms with van der Waals surface area (Å²) in [4.78, 5) is 14.3. The standard InChI is InChI=1S/C22H41NO3/c1-17-9-7-8-10-18(17)22(12-11-21(5,6)25)13-15-23(16-14-22)19(24)26-20(2,3)4/h17-18,25H,7-16H2,1-6H3/t17-,18?/m0/s1. The highest BCUT2D eigenvalue weighted by molar-refractivity contribution is 5.68. The van der Waals surface area contributed by atoms with Crippen LogP contribution in [0.2, 0.25) is 0 Å². The summed E-state index contributed by atoms with van der Waals surface area (Å²) in [6.45, 7) is 13.6. The molecule has 1 aliphatic heterocycles. The van der Waals surface area contributed by atoms with Gasteiger partial charge in [-0.25, -0.2) is 4.79 Å². The Kier molecular flexibility index (Phi) is 6.69. The van der Waals surface area contributed by atoms with E-state index in [0.29, 0.717) is 0 Å². The van der Waals surface area contributed by atoms with E-state index in [1.54, 1.807) is 0 Å². The summed E-state index contributed by atoms with van der Waals surface area (Å²) in [5.74, 6) is 1.47. The number of hydrogen-bond donors (Lipinski definition) is 1. The van der Waals surface area contributed by atoms with E-state index in [1.165, 1.54) is 25.7 Å². The second kappa shape index (κ2) is 8.08. The van der Waals surface area contributed by atoms with E-state index >= 15 is 0 Å². The van der Waals surface area contributed by atoms with Gasteiger partial charge in [0, 0.05) is 13.1 Å². The van der Waals surface area contributed by atoms with Gasteiger partial charge in [-0.3, -0.25) is 0 Å². The first-order valence-corrected chi connectivity index (χ1v) is 10.6. The first-order chi connectivity index (χ1) is 11.9. The van der Waals surface area contributed by atoms with Crippen molar-refractivity contribution in [1.29, 1.82) is 0 Å². The molecule has 0 bridgehead atoms. The highest BCUT2D eigenvalue weighted by Crippen LogP contribution is 2.51. The van der Waals surface area contributed by atoms with E-state index in [4.69, 9.17) is 4.74 Å². The van der Waals surface area contributed by atoms with Crippen molar-refractivity contribution in [3.05, 3.63) is 0 Å². The van der Waals surface area contributed by atoms with Crippen molar-refractivity contribution in [2.45, 2.75) is 104 Å². The van der Waals surface area contributed by atoms with Gasteiger partial charge in [0.1, 0.15) is 5.60 Å². The number of amides is 1. The molecule has 0 radical (unpaired) electrons. The van der Waals surface area contributed by atoms with E-state index in [-0.39, 0.29) is 11.5 Å². The maximum Gasteiger partial charge on any atom is 0.410 e. The zero-order valence-electron chi connectivity index (χ0n) is 17.9. The van der Waals surface area contributed by atoms with Crippen molar-refractivity contribution in [2.75, 3.05) is 13.1 Å². The molecule has 1 saturated carbocycles. The average molecular weight is 368 g/mol. The molecule has 1 unspecified atom stereocenters. The minimum absolute atomic E-state index is 0.176. The molecule has 1 heterocycles. The van der Waals surface area contributed by atoms with Crippen LogP contribution in [0.5, 0.6) is 0 Å². The third-order valence-corrected chi connectivity index (χ3v) is 6.54. The van der Waals surface area contributed by atoms with Crippen LogP contribution in [0, 0.1) is 17.3 Å². The van der Waals surface area contributed by atoms with Crippen LogP contribution >= 0.6 is 0 Å². The Bertz CT molecular complexity index is 467. The van der Waals surface area contributed by atoms with Gasteiger partial charge in [0.2, 0.25) is 0 Å². The number of piperidine rings is 1. The summed E-state index contributed by atoms with van der Waals surface area (Å²) in [6.07, 6.45) is 9.11. The van der Waals surface area contributed by atoms with Crippen LogP contribution in [0.4, 0.5) is 4.79 Å². The SMILES string of the molecule is C[C@H]1CCCCC1C1(CCC(C)(C)O)CCN(C(=O)OC(C)(C)C)CC1. The third kappa shape index (κ3) is 5.87. The predicted molar refractivity (Wildman–Crippen MR) is 106 cm³/mol. The summed E-state index contributed by atoms with van der Waals surface area (Å²) in [5.41, 5.74) is -0.796. The lowest BCUT2D eigenvalue weighted by molar-refractivity contribution is -0.0347.